The lowest BCUT2D eigenvalue weighted by Crippen LogP contribution is -2.47. The van der Waals surface area contributed by atoms with Crippen molar-refractivity contribution in [1.82, 2.24) is 9.80 Å². The fourth-order valence-corrected chi connectivity index (χ4v) is 5.46. The monoisotopic (exact) mass is 485 g/mol. The van der Waals surface area contributed by atoms with Crippen molar-refractivity contribution in [3.05, 3.63) is 23.8 Å². The predicted molar refractivity (Wildman–Crippen MR) is 137 cm³/mol. The van der Waals surface area contributed by atoms with Gasteiger partial charge < -0.3 is 25.0 Å². The minimum atomic E-state index is -0.259. The lowest BCUT2D eigenvalue weighted by Gasteiger charge is -2.34. The number of aliphatic hydroxyl groups is 1. The van der Waals surface area contributed by atoms with Crippen LogP contribution in [0.3, 0.4) is 0 Å². The number of rotatable bonds is 8. The average Bonchev–Trinajstić information content (AvgIpc) is 3.66. The second-order valence-electron chi connectivity index (χ2n) is 11.2. The molecule has 0 radical (unpaired) electrons. The van der Waals surface area contributed by atoms with E-state index in [1.807, 2.05) is 25.1 Å². The van der Waals surface area contributed by atoms with Crippen LogP contribution in [0.1, 0.15) is 64.4 Å². The van der Waals surface area contributed by atoms with Gasteiger partial charge in [0.2, 0.25) is 11.8 Å². The van der Waals surface area contributed by atoms with E-state index in [0.717, 1.165) is 50.3 Å². The summed E-state index contributed by atoms with van der Waals surface area (Å²) in [6.07, 6.45) is 8.03. The van der Waals surface area contributed by atoms with E-state index in [9.17, 15) is 14.7 Å². The van der Waals surface area contributed by atoms with Gasteiger partial charge in [-0.25, -0.2) is 0 Å². The molecule has 1 heterocycles. The summed E-state index contributed by atoms with van der Waals surface area (Å²) >= 11 is 0. The predicted octanol–water partition coefficient (Wildman–Crippen LogP) is 3.70. The van der Waals surface area contributed by atoms with Gasteiger partial charge >= 0.3 is 0 Å². The molecule has 2 saturated carbocycles. The van der Waals surface area contributed by atoms with Crippen LogP contribution in [0.25, 0.3) is 0 Å². The Labute approximate surface area is 210 Å². The molecule has 0 unspecified atom stereocenters. The Morgan fingerprint density at radius 1 is 1.20 bits per heavy atom. The number of carbonyl (C=O) groups excluding carboxylic acids is 2. The van der Waals surface area contributed by atoms with Gasteiger partial charge in [0.15, 0.2) is 0 Å². The first-order valence-corrected chi connectivity index (χ1v) is 13.5. The van der Waals surface area contributed by atoms with Gasteiger partial charge in [-0.05, 0) is 63.8 Å². The van der Waals surface area contributed by atoms with Crippen LogP contribution >= 0.6 is 0 Å². The summed E-state index contributed by atoms with van der Waals surface area (Å²) in [7, 11) is 2.14. The molecular formula is C28H43N3O4. The highest BCUT2D eigenvalue weighted by Gasteiger charge is 2.32. The summed E-state index contributed by atoms with van der Waals surface area (Å²) in [5.74, 6) is 1.73. The van der Waals surface area contributed by atoms with E-state index in [4.69, 9.17) is 4.74 Å². The van der Waals surface area contributed by atoms with Crippen LogP contribution in [-0.4, -0.2) is 72.2 Å². The first-order chi connectivity index (χ1) is 16.8. The van der Waals surface area contributed by atoms with Crippen molar-refractivity contribution in [2.24, 2.45) is 17.8 Å². The molecule has 3 atom stereocenters. The lowest BCUT2D eigenvalue weighted by atomic mass is 9.88. The largest absolute Gasteiger partial charge is 0.488 e. The zero-order chi connectivity index (χ0) is 24.9. The van der Waals surface area contributed by atoms with Crippen molar-refractivity contribution < 1.29 is 19.4 Å². The minimum absolute atomic E-state index is 0.0222. The van der Waals surface area contributed by atoms with Gasteiger partial charge in [-0.1, -0.05) is 26.2 Å². The van der Waals surface area contributed by atoms with Crippen LogP contribution in [0, 0.1) is 17.8 Å². The maximum Gasteiger partial charge on any atom is 0.227 e. The molecule has 1 aromatic carbocycles. The molecule has 1 aliphatic heterocycles. The third kappa shape index (κ3) is 6.98. The topological polar surface area (TPSA) is 82.1 Å². The molecule has 2 fully saturated rings. The van der Waals surface area contributed by atoms with Crippen molar-refractivity contribution in [3.8, 4) is 5.75 Å². The van der Waals surface area contributed by atoms with E-state index in [2.05, 4.69) is 24.2 Å². The van der Waals surface area contributed by atoms with E-state index in [0.29, 0.717) is 18.0 Å². The summed E-state index contributed by atoms with van der Waals surface area (Å²) in [6.45, 7) is 6.34. The van der Waals surface area contributed by atoms with Crippen molar-refractivity contribution >= 4 is 17.5 Å². The number of ether oxygens (including phenoxy) is 1. The van der Waals surface area contributed by atoms with E-state index < -0.39 is 0 Å². The number of carbonyl (C=O) groups is 2. The Bertz CT molecular complexity index is 881. The van der Waals surface area contributed by atoms with Crippen LogP contribution in [0.4, 0.5) is 5.69 Å². The van der Waals surface area contributed by atoms with Crippen LogP contribution < -0.4 is 10.1 Å². The molecule has 0 aromatic heterocycles. The number of nitrogens with one attached hydrogen (secondary N) is 1. The van der Waals surface area contributed by atoms with Crippen LogP contribution in [0.5, 0.6) is 5.75 Å². The van der Waals surface area contributed by atoms with Crippen LogP contribution in [0.15, 0.2) is 18.2 Å². The summed E-state index contributed by atoms with van der Waals surface area (Å²) in [4.78, 5) is 30.3. The zero-order valence-corrected chi connectivity index (χ0v) is 21.7. The molecule has 0 bridgehead atoms. The Morgan fingerprint density at radius 3 is 2.63 bits per heavy atom. The van der Waals surface area contributed by atoms with Gasteiger partial charge in [-0.3, -0.25) is 9.59 Å². The number of nitrogens with zero attached hydrogens (tertiary/aromatic N) is 2. The Hall–Kier alpha value is -2.12. The van der Waals surface area contributed by atoms with Gasteiger partial charge in [-0.15, -0.1) is 0 Å². The molecule has 4 rings (SSSR count). The van der Waals surface area contributed by atoms with E-state index in [1.165, 1.54) is 19.3 Å². The standard InChI is InChI=1S/C28H43N3O4/c1-19-15-31(20(2)18-32)27(33)14-23-13-24(29-28(34)22-7-5-4-6-8-22)11-12-25(23)35-26(19)17-30(3)16-21-9-10-21/h11-13,19-22,26,32H,4-10,14-18H2,1-3H3,(H,29,34)/t19-,20-,26-/m1/s1. The molecule has 0 saturated heterocycles. The van der Waals surface area contributed by atoms with Crippen molar-refractivity contribution in [3.63, 3.8) is 0 Å². The fourth-order valence-electron chi connectivity index (χ4n) is 5.46. The molecule has 2 aliphatic carbocycles. The molecule has 7 heteroatoms. The van der Waals surface area contributed by atoms with Gasteiger partial charge in [0, 0.05) is 42.7 Å². The first kappa shape index (κ1) is 26.0. The van der Waals surface area contributed by atoms with Crippen LogP contribution in [0.2, 0.25) is 0 Å². The minimum Gasteiger partial charge on any atom is -0.488 e. The van der Waals surface area contributed by atoms with Crippen molar-refractivity contribution in [2.75, 3.05) is 38.6 Å². The molecule has 2 N–H and O–H groups in total. The maximum absolute atomic E-state index is 13.4. The Kier molecular flexibility index (Phi) is 8.71. The molecule has 7 nitrogen and oxygen atoms in total. The molecule has 0 spiro atoms. The number of benzene rings is 1. The number of amides is 2. The number of aliphatic hydroxyl groups excluding tert-OH is 1. The maximum atomic E-state index is 13.4. The van der Waals surface area contributed by atoms with Gasteiger partial charge in [0.25, 0.3) is 0 Å². The summed E-state index contributed by atoms with van der Waals surface area (Å²) < 4.78 is 6.59. The summed E-state index contributed by atoms with van der Waals surface area (Å²) in [5, 5.41) is 12.9. The first-order valence-electron chi connectivity index (χ1n) is 13.5. The average molecular weight is 486 g/mol. The fraction of sp³-hybridized carbons (Fsp3) is 0.714. The second-order valence-corrected chi connectivity index (χ2v) is 11.2. The molecular weight excluding hydrogens is 442 g/mol. The number of anilines is 1. The second kappa shape index (κ2) is 11.7. The Balaban J connectivity index is 1.56. The van der Waals surface area contributed by atoms with E-state index >= 15 is 0 Å². The van der Waals surface area contributed by atoms with E-state index in [1.54, 1.807) is 4.90 Å². The van der Waals surface area contributed by atoms with Crippen molar-refractivity contribution in [2.45, 2.75) is 77.4 Å². The third-order valence-electron chi connectivity index (χ3n) is 7.92. The van der Waals surface area contributed by atoms with Gasteiger partial charge in [-0.2, -0.15) is 0 Å². The molecule has 2 amide bonds. The molecule has 35 heavy (non-hydrogen) atoms. The molecule has 3 aliphatic rings. The highest BCUT2D eigenvalue weighted by atomic mass is 16.5. The van der Waals surface area contributed by atoms with Crippen molar-refractivity contribution in [1.29, 1.82) is 0 Å². The zero-order valence-electron chi connectivity index (χ0n) is 21.7. The van der Waals surface area contributed by atoms with Gasteiger partial charge in [0.05, 0.1) is 19.1 Å². The Morgan fingerprint density at radius 2 is 1.94 bits per heavy atom. The third-order valence-corrected chi connectivity index (χ3v) is 7.92. The molecule has 1 aromatic rings. The highest BCUT2D eigenvalue weighted by molar-refractivity contribution is 5.93. The summed E-state index contributed by atoms with van der Waals surface area (Å²) in [6, 6.07) is 5.44. The highest BCUT2D eigenvalue weighted by Crippen LogP contribution is 2.32. The normalized spacial score (nSPS) is 24.7. The van der Waals surface area contributed by atoms with Gasteiger partial charge in [0.1, 0.15) is 11.9 Å². The smallest absolute Gasteiger partial charge is 0.227 e. The number of fused-ring (bicyclic) bond motifs is 1. The molecule has 194 valence electrons. The summed E-state index contributed by atoms with van der Waals surface area (Å²) in [5.41, 5.74) is 1.50. The van der Waals surface area contributed by atoms with E-state index in [-0.39, 0.29) is 48.8 Å². The SMILES string of the molecule is C[C@@H]1CN([C@H](C)CO)C(=O)Cc2cc(NC(=O)C3CCCCC3)ccc2O[C@@H]1CN(C)CC1CC1. The quantitative estimate of drug-likeness (QED) is 0.587. The number of hydrogen-bond acceptors (Lipinski definition) is 5. The number of likely N-dealkylation sites (N-methyl/N-ethyl adjacent to an activating group) is 1. The number of hydrogen-bond donors (Lipinski definition) is 2. The lowest BCUT2D eigenvalue weighted by molar-refractivity contribution is -0.134. The van der Waals surface area contributed by atoms with Crippen LogP contribution in [-0.2, 0) is 16.0 Å².